The molecule has 3 fully saturated rings. The number of hydrogen-bond donors (Lipinski definition) is 1. The van der Waals surface area contributed by atoms with E-state index in [-0.39, 0.29) is 17.9 Å². The van der Waals surface area contributed by atoms with Crippen LogP contribution in [0.5, 0.6) is 0 Å². The minimum Gasteiger partial charge on any atom is -0.339 e. The molecule has 156 valence electrons. The Morgan fingerprint density at radius 1 is 1.00 bits per heavy atom. The molecular formula is C23H32N4O2. The van der Waals surface area contributed by atoms with Crippen LogP contribution in [0.1, 0.15) is 37.7 Å². The Hall–Kier alpha value is -1.92. The zero-order chi connectivity index (χ0) is 19.8. The molecule has 3 aliphatic heterocycles. The van der Waals surface area contributed by atoms with Crippen molar-refractivity contribution < 1.29 is 9.59 Å². The number of carbonyl (C=O) groups excluding carboxylic acids is 2. The van der Waals surface area contributed by atoms with E-state index < -0.39 is 0 Å². The van der Waals surface area contributed by atoms with Crippen LogP contribution in [0.3, 0.4) is 0 Å². The molecule has 1 aromatic rings. The highest BCUT2D eigenvalue weighted by Crippen LogP contribution is 2.34. The van der Waals surface area contributed by atoms with Gasteiger partial charge in [0.2, 0.25) is 11.8 Å². The Morgan fingerprint density at radius 3 is 2.62 bits per heavy atom. The van der Waals surface area contributed by atoms with Crippen molar-refractivity contribution in [3.63, 3.8) is 0 Å². The highest BCUT2D eigenvalue weighted by Gasteiger charge is 2.40. The summed E-state index contributed by atoms with van der Waals surface area (Å²) in [4.78, 5) is 32.0. The predicted octanol–water partition coefficient (Wildman–Crippen LogP) is 1.64. The summed E-state index contributed by atoms with van der Waals surface area (Å²) < 4.78 is 0. The molecule has 1 aromatic carbocycles. The van der Waals surface area contributed by atoms with Crippen LogP contribution < -0.4 is 10.2 Å². The fraction of sp³-hybridized carbons (Fsp3) is 0.652. The fourth-order valence-electron chi connectivity index (χ4n) is 5.73. The third-order valence-corrected chi connectivity index (χ3v) is 7.39. The summed E-state index contributed by atoms with van der Waals surface area (Å²) in [7, 11) is 0. The van der Waals surface area contributed by atoms with E-state index in [0.29, 0.717) is 18.5 Å². The number of rotatable bonds is 3. The quantitative estimate of drug-likeness (QED) is 0.844. The van der Waals surface area contributed by atoms with Gasteiger partial charge in [-0.15, -0.1) is 0 Å². The number of amides is 2. The maximum Gasteiger partial charge on any atom is 0.241 e. The second kappa shape index (κ2) is 8.07. The molecule has 2 saturated heterocycles. The molecule has 6 nitrogen and oxygen atoms in total. The van der Waals surface area contributed by atoms with Crippen molar-refractivity contribution >= 4 is 17.5 Å². The van der Waals surface area contributed by atoms with Gasteiger partial charge in [0, 0.05) is 44.5 Å². The Balaban J connectivity index is 1.11. The van der Waals surface area contributed by atoms with E-state index in [0.717, 1.165) is 51.3 Å². The molecule has 1 N–H and O–H groups in total. The van der Waals surface area contributed by atoms with E-state index in [9.17, 15) is 9.59 Å². The molecule has 29 heavy (non-hydrogen) atoms. The van der Waals surface area contributed by atoms with Crippen molar-refractivity contribution in [2.24, 2.45) is 5.92 Å². The molecule has 0 aromatic heterocycles. The van der Waals surface area contributed by atoms with Gasteiger partial charge >= 0.3 is 0 Å². The number of piperazine rings is 1. The molecule has 1 saturated carbocycles. The smallest absolute Gasteiger partial charge is 0.241 e. The molecule has 3 atom stereocenters. The summed E-state index contributed by atoms with van der Waals surface area (Å²) >= 11 is 0. The first-order valence-corrected chi connectivity index (χ1v) is 11.3. The molecule has 3 heterocycles. The van der Waals surface area contributed by atoms with Gasteiger partial charge in [0.25, 0.3) is 0 Å². The topological polar surface area (TPSA) is 55.9 Å². The number of nitrogens with one attached hydrogen (secondary N) is 1. The Bertz CT molecular complexity index is 760. The predicted molar refractivity (Wildman–Crippen MR) is 113 cm³/mol. The molecule has 4 aliphatic rings. The molecular weight excluding hydrogens is 364 g/mol. The van der Waals surface area contributed by atoms with E-state index in [1.165, 1.54) is 31.2 Å². The second-order valence-corrected chi connectivity index (χ2v) is 9.13. The highest BCUT2D eigenvalue weighted by molar-refractivity contribution is 5.96. The van der Waals surface area contributed by atoms with Crippen LogP contribution in [-0.4, -0.2) is 73.0 Å². The average Bonchev–Trinajstić information content (AvgIpc) is 3.38. The minimum atomic E-state index is 0.0115. The van der Waals surface area contributed by atoms with Gasteiger partial charge in [-0.05, 0) is 43.2 Å². The van der Waals surface area contributed by atoms with Gasteiger partial charge in [0.1, 0.15) is 0 Å². The molecule has 3 unspecified atom stereocenters. The lowest BCUT2D eigenvalue weighted by Gasteiger charge is -2.36. The molecule has 1 aliphatic carbocycles. The summed E-state index contributed by atoms with van der Waals surface area (Å²) in [6.07, 6.45) is 7.07. The van der Waals surface area contributed by atoms with E-state index in [2.05, 4.69) is 16.3 Å². The lowest BCUT2D eigenvalue weighted by Crippen LogP contribution is -2.55. The highest BCUT2D eigenvalue weighted by atomic mass is 16.2. The van der Waals surface area contributed by atoms with Crippen molar-refractivity contribution in [2.45, 2.75) is 50.6 Å². The third-order valence-electron chi connectivity index (χ3n) is 7.39. The van der Waals surface area contributed by atoms with Gasteiger partial charge in [0.05, 0.1) is 12.6 Å². The Morgan fingerprint density at radius 2 is 1.79 bits per heavy atom. The van der Waals surface area contributed by atoms with Crippen molar-refractivity contribution in [3.05, 3.63) is 29.8 Å². The van der Waals surface area contributed by atoms with E-state index in [1.54, 1.807) is 0 Å². The maximum atomic E-state index is 13.0. The monoisotopic (exact) mass is 396 g/mol. The normalized spacial score (nSPS) is 29.6. The van der Waals surface area contributed by atoms with Gasteiger partial charge in [0.15, 0.2) is 0 Å². The van der Waals surface area contributed by atoms with E-state index >= 15 is 0 Å². The first-order valence-electron chi connectivity index (χ1n) is 11.3. The minimum absolute atomic E-state index is 0.0115. The molecule has 0 radical (unpaired) electrons. The summed E-state index contributed by atoms with van der Waals surface area (Å²) in [5.41, 5.74) is 2.33. The van der Waals surface area contributed by atoms with Gasteiger partial charge in [-0.1, -0.05) is 31.0 Å². The number of benzene rings is 1. The summed E-state index contributed by atoms with van der Waals surface area (Å²) in [6, 6.07) is 8.76. The number of fused-ring (bicyclic) bond motifs is 2. The van der Waals surface area contributed by atoms with Crippen LogP contribution in [0.15, 0.2) is 24.3 Å². The van der Waals surface area contributed by atoms with Crippen molar-refractivity contribution in [2.75, 3.05) is 44.2 Å². The number of hydrogen-bond acceptors (Lipinski definition) is 4. The molecule has 6 heteroatoms. The van der Waals surface area contributed by atoms with Crippen LogP contribution in [-0.2, 0) is 16.0 Å². The third kappa shape index (κ3) is 3.80. The molecule has 0 bridgehead atoms. The van der Waals surface area contributed by atoms with E-state index in [4.69, 9.17) is 0 Å². The average molecular weight is 397 g/mol. The largest absolute Gasteiger partial charge is 0.339 e. The first-order chi connectivity index (χ1) is 14.2. The zero-order valence-electron chi connectivity index (χ0n) is 17.2. The van der Waals surface area contributed by atoms with Crippen LogP contribution in [0.2, 0.25) is 0 Å². The second-order valence-electron chi connectivity index (χ2n) is 9.13. The van der Waals surface area contributed by atoms with Gasteiger partial charge in [-0.3, -0.25) is 14.5 Å². The summed E-state index contributed by atoms with van der Waals surface area (Å²) in [5, 5.41) is 3.61. The van der Waals surface area contributed by atoms with Gasteiger partial charge in [-0.25, -0.2) is 0 Å². The lowest BCUT2D eigenvalue weighted by atomic mass is 9.85. The number of para-hydroxylation sites is 1. The Kier molecular flexibility index (Phi) is 5.31. The van der Waals surface area contributed by atoms with Crippen molar-refractivity contribution in [1.82, 2.24) is 15.1 Å². The van der Waals surface area contributed by atoms with Crippen molar-refractivity contribution in [3.8, 4) is 0 Å². The number of nitrogens with zero attached hydrogens (tertiary/aromatic N) is 3. The SMILES string of the molecule is O=C(C1CC2CCCCC2N1)N1CCN(CC(=O)N2CCc3ccccc32)CC1. The maximum absolute atomic E-state index is 13.0. The standard InChI is InChI=1S/C23H32N4O2/c28-22(27-10-9-17-5-2-4-8-21(17)27)16-25-11-13-26(14-12-25)23(29)20-15-18-6-1-3-7-19(18)24-20/h2,4-5,8,18-20,24H,1,3,6-7,9-16H2. The van der Waals surface area contributed by atoms with Crippen LogP contribution in [0.25, 0.3) is 0 Å². The number of carbonyl (C=O) groups is 2. The summed E-state index contributed by atoms with van der Waals surface area (Å²) in [6.45, 7) is 4.26. The first kappa shape index (κ1) is 19.1. The van der Waals surface area contributed by atoms with E-state index in [1.807, 2.05) is 28.0 Å². The summed E-state index contributed by atoms with van der Waals surface area (Å²) in [5.74, 6) is 1.15. The molecule has 2 amide bonds. The zero-order valence-corrected chi connectivity index (χ0v) is 17.2. The van der Waals surface area contributed by atoms with Gasteiger partial charge < -0.3 is 15.1 Å². The van der Waals surface area contributed by atoms with Crippen LogP contribution >= 0.6 is 0 Å². The van der Waals surface area contributed by atoms with Crippen LogP contribution in [0, 0.1) is 5.92 Å². The number of anilines is 1. The lowest BCUT2D eigenvalue weighted by molar-refractivity contribution is -0.135. The Labute approximate surface area is 173 Å². The van der Waals surface area contributed by atoms with Crippen molar-refractivity contribution in [1.29, 1.82) is 0 Å². The fourth-order valence-corrected chi connectivity index (χ4v) is 5.73. The molecule has 5 rings (SSSR count). The van der Waals surface area contributed by atoms with Crippen LogP contribution in [0.4, 0.5) is 5.69 Å². The van der Waals surface area contributed by atoms with Gasteiger partial charge in [-0.2, -0.15) is 0 Å². The molecule has 0 spiro atoms.